The van der Waals surface area contributed by atoms with Gasteiger partial charge in [0.05, 0.1) is 13.2 Å². The zero-order valence-corrected chi connectivity index (χ0v) is 14.3. The van der Waals surface area contributed by atoms with E-state index >= 15 is 0 Å². The lowest BCUT2D eigenvalue weighted by Crippen LogP contribution is -2.43. The maximum absolute atomic E-state index is 12.2. The van der Waals surface area contributed by atoms with Crippen LogP contribution >= 0.6 is 12.6 Å². The topological polar surface area (TPSA) is 71.8 Å². The summed E-state index contributed by atoms with van der Waals surface area (Å²) in [5, 5.41) is 2.59. The third-order valence-corrected chi connectivity index (χ3v) is 4.14. The molecule has 0 saturated carbocycles. The van der Waals surface area contributed by atoms with E-state index in [1.165, 1.54) is 19.3 Å². The second-order valence-electron chi connectivity index (χ2n) is 5.56. The Bertz CT molecular complexity index is 526. The Morgan fingerprint density at radius 2 is 2.09 bits per heavy atom. The van der Waals surface area contributed by atoms with Crippen LogP contribution in [0.3, 0.4) is 0 Å². The van der Waals surface area contributed by atoms with Gasteiger partial charge < -0.3 is 14.5 Å². The van der Waals surface area contributed by atoms with Crippen molar-refractivity contribution in [2.24, 2.45) is 0 Å². The first-order valence-corrected chi connectivity index (χ1v) is 8.66. The van der Waals surface area contributed by atoms with Gasteiger partial charge in [0.25, 0.3) is 5.91 Å². The minimum absolute atomic E-state index is 0.173. The number of rotatable bonds is 7. The van der Waals surface area contributed by atoms with Crippen LogP contribution in [0.5, 0.6) is 0 Å². The lowest BCUT2D eigenvalue weighted by molar-refractivity contribution is -0.144. The van der Waals surface area contributed by atoms with Gasteiger partial charge in [0, 0.05) is 5.75 Å². The average molecular weight is 340 g/mol. The molecule has 0 unspecified atom stereocenters. The number of carbonyl (C=O) groups excluding carboxylic acids is 2. The van der Waals surface area contributed by atoms with E-state index < -0.39 is 17.9 Å². The van der Waals surface area contributed by atoms with Gasteiger partial charge in [-0.2, -0.15) is 12.6 Å². The SMILES string of the molecule is CCOC(=O)[C@H](CS)NC(=O)c1ccc(CN2CCCCC2)o1. The second kappa shape index (κ2) is 8.98. The van der Waals surface area contributed by atoms with Crippen molar-refractivity contribution in [2.45, 2.75) is 38.8 Å². The molecule has 0 bridgehead atoms. The minimum Gasteiger partial charge on any atom is -0.464 e. The van der Waals surface area contributed by atoms with Crippen molar-refractivity contribution in [3.63, 3.8) is 0 Å². The molecule has 1 atom stereocenters. The second-order valence-corrected chi connectivity index (χ2v) is 5.93. The van der Waals surface area contributed by atoms with E-state index in [1.807, 2.05) is 6.07 Å². The Morgan fingerprint density at radius 1 is 1.35 bits per heavy atom. The number of ether oxygens (including phenoxy) is 1. The van der Waals surface area contributed by atoms with Crippen LogP contribution in [0, 0.1) is 0 Å². The fourth-order valence-corrected chi connectivity index (χ4v) is 2.81. The van der Waals surface area contributed by atoms with Crippen LogP contribution in [0.15, 0.2) is 16.5 Å². The van der Waals surface area contributed by atoms with Crippen LogP contribution in [0.4, 0.5) is 0 Å². The molecule has 2 heterocycles. The summed E-state index contributed by atoms with van der Waals surface area (Å²) in [6, 6.07) is 2.67. The first-order chi connectivity index (χ1) is 11.1. The molecule has 128 valence electrons. The number of esters is 1. The van der Waals surface area contributed by atoms with Gasteiger partial charge in [-0.25, -0.2) is 4.79 Å². The molecule has 1 fully saturated rings. The summed E-state index contributed by atoms with van der Waals surface area (Å²) in [5.41, 5.74) is 0. The minimum atomic E-state index is -0.776. The highest BCUT2D eigenvalue weighted by Crippen LogP contribution is 2.15. The molecule has 1 aliphatic rings. The summed E-state index contributed by atoms with van der Waals surface area (Å²) >= 11 is 4.07. The zero-order valence-electron chi connectivity index (χ0n) is 13.4. The van der Waals surface area contributed by atoms with E-state index in [4.69, 9.17) is 9.15 Å². The van der Waals surface area contributed by atoms with E-state index in [2.05, 4.69) is 22.8 Å². The molecule has 1 saturated heterocycles. The largest absolute Gasteiger partial charge is 0.464 e. The predicted octanol–water partition coefficient (Wildman–Crippen LogP) is 1.86. The Balaban J connectivity index is 1.90. The number of amides is 1. The summed E-state index contributed by atoms with van der Waals surface area (Å²) < 4.78 is 10.5. The third kappa shape index (κ3) is 5.28. The van der Waals surface area contributed by atoms with Gasteiger partial charge in [-0.3, -0.25) is 9.69 Å². The highest BCUT2D eigenvalue weighted by Gasteiger charge is 2.23. The highest BCUT2D eigenvalue weighted by molar-refractivity contribution is 7.80. The molecule has 1 amide bonds. The molecule has 0 aromatic carbocycles. The smallest absolute Gasteiger partial charge is 0.329 e. The molecular formula is C16H24N2O4S. The van der Waals surface area contributed by atoms with Gasteiger partial charge in [-0.1, -0.05) is 6.42 Å². The monoisotopic (exact) mass is 340 g/mol. The van der Waals surface area contributed by atoms with Gasteiger partial charge in [0.1, 0.15) is 11.8 Å². The lowest BCUT2D eigenvalue weighted by Gasteiger charge is -2.25. The van der Waals surface area contributed by atoms with Crippen molar-refractivity contribution in [1.29, 1.82) is 0 Å². The lowest BCUT2D eigenvalue weighted by atomic mass is 10.1. The summed E-state index contributed by atoms with van der Waals surface area (Å²) in [4.78, 5) is 26.2. The molecule has 2 rings (SSSR count). The summed E-state index contributed by atoms with van der Waals surface area (Å²) in [6.07, 6.45) is 3.69. The fraction of sp³-hybridized carbons (Fsp3) is 0.625. The first-order valence-electron chi connectivity index (χ1n) is 8.03. The Hall–Kier alpha value is -1.47. The molecular weight excluding hydrogens is 316 g/mol. The zero-order chi connectivity index (χ0) is 16.7. The van der Waals surface area contributed by atoms with Crippen molar-refractivity contribution in [3.8, 4) is 0 Å². The molecule has 6 nitrogen and oxygen atoms in total. The Labute approximate surface area is 142 Å². The first kappa shape index (κ1) is 17.9. The van der Waals surface area contributed by atoms with Gasteiger partial charge in [-0.05, 0) is 45.0 Å². The predicted molar refractivity (Wildman–Crippen MR) is 89.6 cm³/mol. The van der Waals surface area contributed by atoms with E-state index in [0.29, 0.717) is 6.54 Å². The number of nitrogens with zero attached hydrogens (tertiary/aromatic N) is 1. The van der Waals surface area contributed by atoms with Crippen molar-refractivity contribution in [3.05, 3.63) is 23.7 Å². The van der Waals surface area contributed by atoms with Crippen molar-refractivity contribution < 1.29 is 18.7 Å². The number of thiol groups is 1. The third-order valence-electron chi connectivity index (χ3n) is 3.77. The van der Waals surface area contributed by atoms with Gasteiger partial charge >= 0.3 is 5.97 Å². The van der Waals surface area contributed by atoms with E-state index in [9.17, 15) is 9.59 Å². The van der Waals surface area contributed by atoms with E-state index in [1.54, 1.807) is 13.0 Å². The molecule has 1 aromatic heterocycles. The van der Waals surface area contributed by atoms with Crippen LogP contribution < -0.4 is 5.32 Å². The maximum Gasteiger partial charge on any atom is 0.329 e. The molecule has 1 aromatic rings. The average Bonchev–Trinajstić information content (AvgIpc) is 3.02. The van der Waals surface area contributed by atoms with E-state index in [-0.39, 0.29) is 18.1 Å². The standard InChI is InChI=1S/C16H24N2O4S/c1-2-21-16(20)13(11-23)17-15(19)14-7-6-12(22-14)10-18-8-4-3-5-9-18/h6-7,13,23H,2-5,8-11H2,1H3,(H,17,19)/t13-/m0/s1. The quantitative estimate of drug-likeness (QED) is 0.585. The number of piperidine rings is 1. The number of nitrogens with one attached hydrogen (secondary N) is 1. The molecule has 0 radical (unpaired) electrons. The summed E-state index contributed by atoms with van der Waals surface area (Å²) in [6.45, 7) is 4.81. The van der Waals surface area contributed by atoms with Gasteiger partial charge in [0.2, 0.25) is 0 Å². The molecule has 23 heavy (non-hydrogen) atoms. The van der Waals surface area contributed by atoms with Gasteiger partial charge in [0.15, 0.2) is 5.76 Å². The normalized spacial score (nSPS) is 16.8. The van der Waals surface area contributed by atoms with Crippen LogP contribution in [0.1, 0.15) is 42.5 Å². The van der Waals surface area contributed by atoms with Crippen molar-refractivity contribution in [1.82, 2.24) is 10.2 Å². The van der Waals surface area contributed by atoms with Gasteiger partial charge in [-0.15, -0.1) is 0 Å². The fourth-order valence-electron chi connectivity index (χ4n) is 2.57. The molecule has 1 N–H and O–H groups in total. The number of likely N-dealkylation sites (tertiary alicyclic amines) is 1. The highest BCUT2D eigenvalue weighted by atomic mass is 32.1. The molecule has 0 spiro atoms. The summed E-state index contributed by atoms with van der Waals surface area (Å²) in [7, 11) is 0. The number of hydrogen-bond acceptors (Lipinski definition) is 6. The van der Waals surface area contributed by atoms with Crippen LogP contribution in [-0.4, -0.2) is 48.3 Å². The number of furan rings is 1. The molecule has 7 heteroatoms. The number of hydrogen-bond donors (Lipinski definition) is 2. The van der Waals surface area contributed by atoms with Crippen molar-refractivity contribution in [2.75, 3.05) is 25.4 Å². The number of carbonyl (C=O) groups is 2. The Kier molecular flexibility index (Phi) is 6.98. The Morgan fingerprint density at radius 3 is 2.74 bits per heavy atom. The molecule has 0 aliphatic carbocycles. The summed E-state index contributed by atoms with van der Waals surface area (Å²) in [5.74, 6) is 0.216. The van der Waals surface area contributed by atoms with Crippen LogP contribution in [0.25, 0.3) is 0 Å². The van der Waals surface area contributed by atoms with E-state index in [0.717, 1.165) is 18.8 Å². The van der Waals surface area contributed by atoms with Crippen molar-refractivity contribution >= 4 is 24.5 Å². The molecule has 1 aliphatic heterocycles. The van der Waals surface area contributed by atoms with Crippen LogP contribution in [0.2, 0.25) is 0 Å². The maximum atomic E-state index is 12.2. The van der Waals surface area contributed by atoms with Crippen LogP contribution in [-0.2, 0) is 16.1 Å².